The van der Waals surface area contributed by atoms with E-state index >= 15 is 0 Å². The molecule has 1 aliphatic rings. The number of nitrogens with zero attached hydrogens (tertiary/aromatic N) is 3. The molecule has 98 valence electrons. The van der Waals surface area contributed by atoms with Gasteiger partial charge in [0.2, 0.25) is 5.91 Å². The number of nitrogens with one attached hydrogen (secondary N) is 1. The first-order valence-electron chi connectivity index (χ1n) is 5.87. The molecule has 0 spiro atoms. The highest BCUT2D eigenvalue weighted by atomic mass is 127. The highest BCUT2D eigenvalue weighted by Gasteiger charge is 2.16. The SMILES string of the molecule is O=C(Cn1cncc(I)c1=O)N1CCCNCC1. The van der Waals surface area contributed by atoms with E-state index < -0.39 is 0 Å². The number of amides is 1. The van der Waals surface area contributed by atoms with Crippen LogP contribution in [0.2, 0.25) is 0 Å². The molecule has 0 radical (unpaired) electrons. The lowest BCUT2D eigenvalue weighted by atomic mass is 10.4. The summed E-state index contributed by atoms with van der Waals surface area (Å²) in [6.45, 7) is 3.27. The molecule has 1 amide bonds. The quantitative estimate of drug-likeness (QED) is 0.732. The van der Waals surface area contributed by atoms with E-state index in [-0.39, 0.29) is 18.0 Å². The van der Waals surface area contributed by atoms with Gasteiger partial charge in [-0.25, -0.2) is 4.98 Å². The molecule has 1 saturated heterocycles. The maximum atomic E-state index is 12.1. The van der Waals surface area contributed by atoms with Crippen molar-refractivity contribution in [1.82, 2.24) is 19.8 Å². The average molecular weight is 362 g/mol. The Kier molecular flexibility index (Phi) is 4.70. The molecule has 1 fully saturated rings. The maximum Gasteiger partial charge on any atom is 0.267 e. The van der Waals surface area contributed by atoms with Crippen LogP contribution < -0.4 is 10.9 Å². The molecule has 7 heteroatoms. The molecule has 0 unspecified atom stereocenters. The van der Waals surface area contributed by atoms with Gasteiger partial charge in [-0.1, -0.05) is 0 Å². The number of halogens is 1. The minimum atomic E-state index is -0.160. The van der Waals surface area contributed by atoms with Crippen molar-refractivity contribution in [2.75, 3.05) is 26.2 Å². The molecule has 0 atom stereocenters. The summed E-state index contributed by atoms with van der Waals surface area (Å²) in [4.78, 5) is 29.6. The van der Waals surface area contributed by atoms with Gasteiger partial charge in [-0.3, -0.25) is 14.2 Å². The van der Waals surface area contributed by atoms with Gasteiger partial charge in [0, 0.05) is 25.8 Å². The minimum Gasteiger partial charge on any atom is -0.340 e. The Morgan fingerprint density at radius 2 is 2.28 bits per heavy atom. The van der Waals surface area contributed by atoms with Gasteiger partial charge < -0.3 is 10.2 Å². The van der Waals surface area contributed by atoms with Crippen LogP contribution in [0.3, 0.4) is 0 Å². The fourth-order valence-corrected chi connectivity index (χ4v) is 2.35. The van der Waals surface area contributed by atoms with E-state index in [4.69, 9.17) is 0 Å². The second-order valence-corrected chi connectivity index (χ2v) is 5.32. The van der Waals surface area contributed by atoms with Crippen LogP contribution in [0.15, 0.2) is 17.3 Å². The number of aromatic nitrogens is 2. The van der Waals surface area contributed by atoms with Crippen molar-refractivity contribution in [3.8, 4) is 0 Å². The largest absolute Gasteiger partial charge is 0.340 e. The molecule has 18 heavy (non-hydrogen) atoms. The Bertz CT molecular complexity index is 480. The van der Waals surface area contributed by atoms with Crippen molar-refractivity contribution in [3.63, 3.8) is 0 Å². The van der Waals surface area contributed by atoms with Gasteiger partial charge >= 0.3 is 0 Å². The molecule has 1 aliphatic heterocycles. The third-order valence-electron chi connectivity index (χ3n) is 2.86. The lowest BCUT2D eigenvalue weighted by molar-refractivity contribution is -0.131. The van der Waals surface area contributed by atoms with Gasteiger partial charge in [0.1, 0.15) is 6.54 Å². The maximum absolute atomic E-state index is 12.1. The summed E-state index contributed by atoms with van der Waals surface area (Å²) in [5.74, 6) is -0.0235. The fourth-order valence-electron chi connectivity index (χ4n) is 1.88. The Labute approximate surface area is 119 Å². The molecule has 1 aromatic heterocycles. The molecule has 2 rings (SSSR count). The zero-order valence-electron chi connectivity index (χ0n) is 9.93. The number of rotatable bonds is 2. The van der Waals surface area contributed by atoms with Gasteiger partial charge in [-0.2, -0.15) is 0 Å². The number of carbonyl (C=O) groups excluding carboxylic acids is 1. The third-order valence-corrected chi connectivity index (χ3v) is 3.60. The van der Waals surface area contributed by atoms with Crippen LogP contribution in [-0.4, -0.2) is 46.5 Å². The summed E-state index contributed by atoms with van der Waals surface area (Å²) < 4.78 is 1.89. The van der Waals surface area contributed by atoms with Crippen molar-refractivity contribution in [1.29, 1.82) is 0 Å². The Morgan fingerprint density at radius 1 is 1.44 bits per heavy atom. The predicted octanol–water partition coefficient (Wildman–Crippen LogP) is -0.330. The highest BCUT2D eigenvalue weighted by molar-refractivity contribution is 14.1. The monoisotopic (exact) mass is 362 g/mol. The molecule has 6 nitrogen and oxygen atoms in total. The molecule has 0 aromatic carbocycles. The van der Waals surface area contributed by atoms with E-state index in [9.17, 15) is 9.59 Å². The zero-order chi connectivity index (χ0) is 13.0. The van der Waals surface area contributed by atoms with Gasteiger partial charge in [0.05, 0.1) is 9.90 Å². The van der Waals surface area contributed by atoms with Crippen molar-refractivity contribution in [2.45, 2.75) is 13.0 Å². The van der Waals surface area contributed by atoms with Crippen LogP contribution >= 0.6 is 22.6 Å². The van der Waals surface area contributed by atoms with E-state index in [1.54, 1.807) is 4.90 Å². The minimum absolute atomic E-state index is 0.0235. The number of hydrogen-bond donors (Lipinski definition) is 1. The molecule has 1 N–H and O–H groups in total. The lowest BCUT2D eigenvalue weighted by Crippen LogP contribution is -2.38. The first kappa shape index (κ1) is 13.5. The first-order chi connectivity index (χ1) is 8.68. The van der Waals surface area contributed by atoms with Gasteiger partial charge in [0.25, 0.3) is 5.56 Å². The van der Waals surface area contributed by atoms with E-state index in [2.05, 4.69) is 10.3 Å². The van der Waals surface area contributed by atoms with E-state index in [1.165, 1.54) is 17.1 Å². The van der Waals surface area contributed by atoms with Crippen LogP contribution in [0.25, 0.3) is 0 Å². The standard InChI is InChI=1S/C11H15IN4O2/c12-9-6-14-8-16(11(9)18)7-10(17)15-4-1-2-13-3-5-15/h6,8,13H,1-5,7H2. The summed E-state index contributed by atoms with van der Waals surface area (Å²) in [6.07, 6.45) is 3.86. The van der Waals surface area contributed by atoms with Crippen molar-refractivity contribution < 1.29 is 4.79 Å². The smallest absolute Gasteiger partial charge is 0.267 e. The van der Waals surface area contributed by atoms with Crippen LogP contribution in [0.5, 0.6) is 0 Å². The number of carbonyl (C=O) groups is 1. The summed E-state index contributed by atoms with van der Waals surface area (Å²) in [5.41, 5.74) is -0.160. The zero-order valence-corrected chi connectivity index (χ0v) is 12.1. The topological polar surface area (TPSA) is 67.2 Å². The fraction of sp³-hybridized carbons (Fsp3) is 0.545. The van der Waals surface area contributed by atoms with Crippen LogP contribution in [0.4, 0.5) is 0 Å². The van der Waals surface area contributed by atoms with Gasteiger partial charge in [-0.05, 0) is 35.6 Å². The third kappa shape index (κ3) is 3.29. The van der Waals surface area contributed by atoms with Crippen LogP contribution in [-0.2, 0) is 11.3 Å². The summed E-state index contributed by atoms with van der Waals surface area (Å²) in [5, 5.41) is 3.24. The summed E-state index contributed by atoms with van der Waals surface area (Å²) in [7, 11) is 0. The second kappa shape index (κ2) is 6.28. The van der Waals surface area contributed by atoms with Crippen LogP contribution in [0, 0.1) is 3.57 Å². The normalized spacial score (nSPS) is 16.4. The summed E-state index contributed by atoms with van der Waals surface area (Å²) in [6, 6.07) is 0. The van der Waals surface area contributed by atoms with E-state index in [1.807, 2.05) is 22.6 Å². The average Bonchev–Trinajstić information content (AvgIpc) is 2.63. The number of hydrogen-bond acceptors (Lipinski definition) is 4. The van der Waals surface area contributed by atoms with Crippen molar-refractivity contribution in [2.24, 2.45) is 0 Å². The van der Waals surface area contributed by atoms with E-state index in [0.29, 0.717) is 10.1 Å². The predicted molar refractivity (Wildman–Crippen MR) is 75.3 cm³/mol. The molecule has 0 aliphatic carbocycles. The Balaban J connectivity index is 2.06. The lowest BCUT2D eigenvalue weighted by Gasteiger charge is -2.20. The molecule has 0 saturated carbocycles. The van der Waals surface area contributed by atoms with Gasteiger partial charge in [-0.15, -0.1) is 0 Å². The first-order valence-corrected chi connectivity index (χ1v) is 6.95. The highest BCUT2D eigenvalue weighted by Crippen LogP contribution is 1.99. The molecule has 1 aromatic rings. The van der Waals surface area contributed by atoms with Crippen molar-refractivity contribution in [3.05, 3.63) is 26.4 Å². The Hall–Kier alpha value is -0.960. The molecule has 0 bridgehead atoms. The molecule has 2 heterocycles. The molecular formula is C11H15IN4O2. The molecular weight excluding hydrogens is 347 g/mol. The van der Waals surface area contributed by atoms with Crippen molar-refractivity contribution >= 4 is 28.5 Å². The van der Waals surface area contributed by atoms with E-state index in [0.717, 1.165) is 26.1 Å². The van der Waals surface area contributed by atoms with Gasteiger partial charge in [0.15, 0.2) is 0 Å². The summed E-state index contributed by atoms with van der Waals surface area (Å²) >= 11 is 1.93. The van der Waals surface area contributed by atoms with Crippen LogP contribution in [0.1, 0.15) is 6.42 Å². The Morgan fingerprint density at radius 3 is 3.11 bits per heavy atom. The second-order valence-electron chi connectivity index (χ2n) is 4.16.